The molecule has 0 aromatic heterocycles. The van der Waals surface area contributed by atoms with Crippen molar-refractivity contribution >= 4 is 5.78 Å². The zero-order valence-electron chi connectivity index (χ0n) is 14.7. The first-order valence-electron chi connectivity index (χ1n) is 8.88. The summed E-state index contributed by atoms with van der Waals surface area (Å²) in [5.74, 6) is 0.960. The summed E-state index contributed by atoms with van der Waals surface area (Å²) in [5, 5.41) is 0. The number of benzene rings is 2. The molecule has 0 unspecified atom stereocenters. The molecular weight excluding hydrogens is 296 g/mol. The van der Waals surface area contributed by atoms with E-state index in [-0.39, 0.29) is 5.78 Å². The molecule has 0 atom stereocenters. The van der Waals surface area contributed by atoms with Crippen LogP contribution in [0.25, 0.3) is 11.1 Å². The van der Waals surface area contributed by atoms with E-state index in [1.165, 1.54) is 35.1 Å². The number of hydrogen-bond donors (Lipinski definition) is 0. The van der Waals surface area contributed by atoms with Gasteiger partial charge in [0.2, 0.25) is 0 Å². The highest BCUT2D eigenvalue weighted by molar-refractivity contribution is 5.79. The normalized spacial score (nSPS) is 15.4. The van der Waals surface area contributed by atoms with Gasteiger partial charge in [-0.3, -0.25) is 4.79 Å². The molecule has 126 valence electrons. The first kappa shape index (κ1) is 16.9. The van der Waals surface area contributed by atoms with Crippen molar-refractivity contribution in [1.29, 1.82) is 0 Å². The van der Waals surface area contributed by atoms with E-state index in [2.05, 4.69) is 49.4 Å². The van der Waals surface area contributed by atoms with Crippen LogP contribution in [-0.2, 0) is 22.4 Å². The lowest BCUT2D eigenvalue weighted by molar-refractivity contribution is -0.116. The van der Waals surface area contributed by atoms with Crippen LogP contribution in [0.4, 0.5) is 0 Å². The van der Waals surface area contributed by atoms with E-state index in [1.54, 1.807) is 6.92 Å². The van der Waals surface area contributed by atoms with Crippen molar-refractivity contribution in [1.82, 2.24) is 0 Å². The van der Waals surface area contributed by atoms with Crippen LogP contribution in [-0.4, -0.2) is 19.0 Å². The van der Waals surface area contributed by atoms with Gasteiger partial charge in [0, 0.05) is 19.6 Å². The van der Waals surface area contributed by atoms with Crippen LogP contribution in [0.3, 0.4) is 0 Å². The molecule has 3 rings (SSSR count). The third kappa shape index (κ3) is 4.33. The van der Waals surface area contributed by atoms with Crippen molar-refractivity contribution in [2.45, 2.75) is 39.5 Å². The minimum atomic E-state index is 0.205. The molecule has 2 aromatic carbocycles. The lowest BCUT2D eigenvalue weighted by atomic mass is 9.91. The van der Waals surface area contributed by atoms with Gasteiger partial charge in [0.15, 0.2) is 0 Å². The molecule has 1 aliphatic heterocycles. The first-order chi connectivity index (χ1) is 11.6. The Bertz CT molecular complexity index is 694. The fourth-order valence-electron chi connectivity index (χ4n) is 3.48. The predicted octanol–water partition coefficient (Wildman–Crippen LogP) is 4.76. The molecule has 2 heteroatoms. The van der Waals surface area contributed by atoms with E-state index in [1.807, 2.05) is 0 Å². The second-order valence-corrected chi connectivity index (χ2v) is 6.98. The summed E-state index contributed by atoms with van der Waals surface area (Å²) in [6.07, 6.45) is 4.00. The van der Waals surface area contributed by atoms with Crippen LogP contribution in [0.15, 0.2) is 42.5 Å². The van der Waals surface area contributed by atoms with Crippen LogP contribution in [0.1, 0.15) is 36.5 Å². The average molecular weight is 322 g/mol. The maximum Gasteiger partial charge on any atom is 0.134 e. The Hall–Kier alpha value is -1.93. The van der Waals surface area contributed by atoms with E-state index in [4.69, 9.17) is 4.74 Å². The number of carbonyl (C=O) groups excluding carboxylic acids is 1. The number of ketones is 1. The van der Waals surface area contributed by atoms with Crippen LogP contribution in [0, 0.1) is 12.8 Å². The lowest BCUT2D eigenvalue weighted by Crippen LogP contribution is -2.17. The van der Waals surface area contributed by atoms with E-state index >= 15 is 0 Å². The fraction of sp³-hybridized carbons (Fsp3) is 0.409. The molecule has 0 spiro atoms. The topological polar surface area (TPSA) is 26.3 Å². The summed E-state index contributed by atoms with van der Waals surface area (Å²) >= 11 is 0. The highest BCUT2D eigenvalue weighted by Crippen LogP contribution is 2.27. The smallest absolute Gasteiger partial charge is 0.134 e. The molecule has 1 heterocycles. The van der Waals surface area contributed by atoms with Crippen molar-refractivity contribution in [2.75, 3.05) is 13.2 Å². The summed E-state index contributed by atoms with van der Waals surface area (Å²) in [7, 11) is 0. The van der Waals surface area contributed by atoms with Gasteiger partial charge in [0.1, 0.15) is 5.78 Å². The Morgan fingerprint density at radius 1 is 1.04 bits per heavy atom. The highest BCUT2D eigenvalue weighted by atomic mass is 16.5. The van der Waals surface area contributed by atoms with E-state index in [9.17, 15) is 4.79 Å². The van der Waals surface area contributed by atoms with Gasteiger partial charge in [0.05, 0.1) is 0 Å². The summed E-state index contributed by atoms with van der Waals surface area (Å²) in [6, 6.07) is 15.3. The Morgan fingerprint density at radius 3 is 2.38 bits per heavy atom. The van der Waals surface area contributed by atoms with Crippen molar-refractivity contribution in [2.24, 2.45) is 5.92 Å². The van der Waals surface area contributed by atoms with Crippen LogP contribution in [0.2, 0.25) is 0 Å². The number of rotatable bonds is 5. The SMILES string of the molecule is CC(=O)Cc1ccc(C)c(-c2ccc(CC3CCOCC3)cc2)c1. The second-order valence-electron chi connectivity index (χ2n) is 6.98. The van der Waals surface area contributed by atoms with Gasteiger partial charge in [-0.05, 0) is 66.8 Å². The number of ether oxygens (including phenoxy) is 1. The second kappa shape index (κ2) is 7.76. The molecule has 0 saturated carbocycles. The maximum atomic E-state index is 11.4. The van der Waals surface area contributed by atoms with E-state index in [0.717, 1.165) is 31.1 Å². The van der Waals surface area contributed by atoms with Gasteiger partial charge in [-0.25, -0.2) is 0 Å². The van der Waals surface area contributed by atoms with Gasteiger partial charge < -0.3 is 4.74 Å². The molecule has 0 aliphatic carbocycles. The van der Waals surface area contributed by atoms with Gasteiger partial charge in [0.25, 0.3) is 0 Å². The minimum absolute atomic E-state index is 0.205. The molecule has 1 aliphatic rings. The predicted molar refractivity (Wildman–Crippen MR) is 98.2 cm³/mol. The van der Waals surface area contributed by atoms with Crippen LogP contribution >= 0.6 is 0 Å². The van der Waals surface area contributed by atoms with E-state index in [0.29, 0.717) is 6.42 Å². The highest BCUT2D eigenvalue weighted by Gasteiger charge is 2.14. The zero-order valence-corrected chi connectivity index (χ0v) is 14.7. The van der Waals surface area contributed by atoms with Crippen LogP contribution in [0.5, 0.6) is 0 Å². The van der Waals surface area contributed by atoms with Gasteiger partial charge in [-0.1, -0.05) is 42.5 Å². The molecular formula is C22H26O2. The number of carbonyl (C=O) groups is 1. The Kier molecular flexibility index (Phi) is 5.47. The monoisotopic (exact) mass is 322 g/mol. The molecule has 1 saturated heterocycles. The van der Waals surface area contributed by atoms with Gasteiger partial charge >= 0.3 is 0 Å². The molecule has 0 bridgehead atoms. The van der Waals surface area contributed by atoms with E-state index < -0.39 is 0 Å². The first-order valence-corrected chi connectivity index (χ1v) is 8.88. The Balaban J connectivity index is 1.76. The minimum Gasteiger partial charge on any atom is -0.381 e. The van der Waals surface area contributed by atoms with Gasteiger partial charge in [-0.15, -0.1) is 0 Å². The molecule has 0 amide bonds. The Labute approximate surface area is 144 Å². The number of hydrogen-bond acceptors (Lipinski definition) is 2. The summed E-state index contributed by atoms with van der Waals surface area (Å²) in [4.78, 5) is 11.4. The van der Waals surface area contributed by atoms with Crippen molar-refractivity contribution < 1.29 is 9.53 Å². The standard InChI is InChI=1S/C22H26O2/c1-16-3-4-20(13-17(2)23)15-22(16)21-7-5-18(6-8-21)14-19-9-11-24-12-10-19/h3-8,15,19H,9-14H2,1-2H3. The summed E-state index contributed by atoms with van der Waals surface area (Å²) < 4.78 is 5.44. The average Bonchev–Trinajstić information content (AvgIpc) is 2.58. The largest absolute Gasteiger partial charge is 0.381 e. The summed E-state index contributed by atoms with van der Waals surface area (Å²) in [5.41, 5.74) is 6.21. The number of Topliss-reactive ketones (excluding diaryl/α,β-unsaturated/α-hetero) is 1. The van der Waals surface area contributed by atoms with Gasteiger partial charge in [-0.2, -0.15) is 0 Å². The van der Waals surface area contributed by atoms with Crippen molar-refractivity contribution in [3.8, 4) is 11.1 Å². The molecule has 1 fully saturated rings. The molecule has 24 heavy (non-hydrogen) atoms. The fourth-order valence-corrected chi connectivity index (χ4v) is 3.48. The quantitative estimate of drug-likeness (QED) is 0.793. The molecule has 0 N–H and O–H groups in total. The molecule has 2 aromatic rings. The van der Waals surface area contributed by atoms with Crippen molar-refractivity contribution in [3.05, 3.63) is 59.2 Å². The van der Waals surface area contributed by atoms with Crippen molar-refractivity contribution in [3.63, 3.8) is 0 Å². The lowest BCUT2D eigenvalue weighted by Gasteiger charge is -2.22. The summed E-state index contributed by atoms with van der Waals surface area (Å²) in [6.45, 7) is 5.59. The third-order valence-corrected chi connectivity index (χ3v) is 4.89. The molecule has 2 nitrogen and oxygen atoms in total. The third-order valence-electron chi connectivity index (χ3n) is 4.89. The Morgan fingerprint density at radius 2 is 1.71 bits per heavy atom. The maximum absolute atomic E-state index is 11.4. The number of aryl methyl sites for hydroxylation is 1. The van der Waals surface area contributed by atoms with Crippen LogP contribution < -0.4 is 0 Å². The molecule has 0 radical (unpaired) electrons. The zero-order chi connectivity index (χ0) is 16.9.